The third-order valence-electron chi connectivity index (χ3n) is 4.95. The molecule has 0 spiro atoms. The topological polar surface area (TPSA) is 85.1 Å². The van der Waals surface area contributed by atoms with Crippen molar-refractivity contribution >= 4 is 17.5 Å². The van der Waals surface area contributed by atoms with Crippen LogP contribution in [0, 0.1) is 0 Å². The molecule has 2 saturated heterocycles. The smallest absolute Gasteiger partial charge is 0.256 e. The van der Waals surface area contributed by atoms with Crippen LogP contribution in [0.25, 0.3) is 5.78 Å². The van der Waals surface area contributed by atoms with E-state index in [2.05, 4.69) is 20.1 Å². The van der Waals surface area contributed by atoms with Gasteiger partial charge in [-0.1, -0.05) is 0 Å². The van der Waals surface area contributed by atoms with E-state index in [0.717, 1.165) is 38.4 Å². The molecule has 1 atom stereocenters. The van der Waals surface area contributed by atoms with Gasteiger partial charge in [-0.05, 0) is 25.3 Å². The number of amides is 1. The van der Waals surface area contributed by atoms with Crippen molar-refractivity contribution in [3.63, 3.8) is 0 Å². The number of anilines is 1. The quantitative estimate of drug-likeness (QED) is 0.761. The first-order valence-corrected chi connectivity index (χ1v) is 9.18. The van der Waals surface area contributed by atoms with E-state index in [4.69, 9.17) is 9.47 Å². The minimum Gasteiger partial charge on any atom is -0.376 e. The summed E-state index contributed by atoms with van der Waals surface area (Å²) in [5.41, 5.74) is 0. The van der Waals surface area contributed by atoms with E-state index >= 15 is 0 Å². The van der Waals surface area contributed by atoms with E-state index in [9.17, 15) is 4.79 Å². The van der Waals surface area contributed by atoms with Crippen molar-refractivity contribution in [3.05, 3.63) is 18.6 Å². The molecule has 0 aliphatic carbocycles. The normalized spacial score (nSPS) is 21.3. The van der Waals surface area contributed by atoms with Crippen molar-refractivity contribution < 1.29 is 14.3 Å². The third kappa shape index (κ3) is 3.78. The lowest BCUT2D eigenvalue weighted by Crippen LogP contribution is -2.50. The highest BCUT2D eigenvalue weighted by Crippen LogP contribution is 2.17. The van der Waals surface area contributed by atoms with E-state index in [0.29, 0.717) is 25.5 Å². The van der Waals surface area contributed by atoms with Gasteiger partial charge in [0.2, 0.25) is 5.91 Å². The number of hydrogen-bond donors (Lipinski definition) is 0. The number of piperazine rings is 1. The largest absolute Gasteiger partial charge is 0.376 e. The molecule has 4 rings (SSSR count). The van der Waals surface area contributed by atoms with Gasteiger partial charge >= 0.3 is 0 Å². The molecule has 26 heavy (non-hydrogen) atoms. The summed E-state index contributed by atoms with van der Waals surface area (Å²) in [7, 11) is 0. The number of carbonyl (C=O) groups is 1. The number of carbonyl (C=O) groups excluding carboxylic acids is 1. The molecule has 4 heterocycles. The maximum atomic E-state index is 12.4. The van der Waals surface area contributed by atoms with Gasteiger partial charge in [0.05, 0.1) is 12.7 Å². The summed E-state index contributed by atoms with van der Waals surface area (Å²) < 4.78 is 13.1. The van der Waals surface area contributed by atoms with Crippen LogP contribution in [0.3, 0.4) is 0 Å². The van der Waals surface area contributed by atoms with E-state index in [-0.39, 0.29) is 18.6 Å². The zero-order valence-corrected chi connectivity index (χ0v) is 14.8. The fourth-order valence-corrected chi connectivity index (χ4v) is 3.48. The summed E-state index contributed by atoms with van der Waals surface area (Å²) in [4.78, 5) is 20.6. The van der Waals surface area contributed by atoms with Crippen LogP contribution >= 0.6 is 0 Å². The number of fused-ring (bicyclic) bond motifs is 1. The van der Waals surface area contributed by atoms with E-state index in [1.807, 2.05) is 15.4 Å². The molecule has 2 fully saturated rings. The molecule has 140 valence electrons. The van der Waals surface area contributed by atoms with Crippen LogP contribution in [0.4, 0.5) is 5.82 Å². The highest BCUT2D eigenvalue weighted by atomic mass is 16.5. The highest BCUT2D eigenvalue weighted by molar-refractivity contribution is 5.77. The summed E-state index contributed by atoms with van der Waals surface area (Å²) in [5, 5.41) is 7.88. The highest BCUT2D eigenvalue weighted by Gasteiger charge is 2.23. The Labute approximate surface area is 151 Å². The molecule has 9 nitrogen and oxygen atoms in total. The second-order valence-electron chi connectivity index (χ2n) is 6.68. The Balaban J connectivity index is 1.25. The summed E-state index contributed by atoms with van der Waals surface area (Å²) in [6, 6.07) is 1.95. The van der Waals surface area contributed by atoms with Gasteiger partial charge < -0.3 is 19.3 Å². The first-order valence-electron chi connectivity index (χ1n) is 9.18. The van der Waals surface area contributed by atoms with Crippen LogP contribution in [0.1, 0.15) is 19.3 Å². The Morgan fingerprint density at radius 3 is 2.96 bits per heavy atom. The van der Waals surface area contributed by atoms with Gasteiger partial charge in [-0.2, -0.15) is 0 Å². The van der Waals surface area contributed by atoms with Crippen LogP contribution < -0.4 is 4.90 Å². The lowest BCUT2D eigenvalue weighted by atomic mass is 10.1. The molecule has 9 heteroatoms. The van der Waals surface area contributed by atoms with Crippen molar-refractivity contribution in [2.45, 2.75) is 25.4 Å². The van der Waals surface area contributed by atoms with Gasteiger partial charge in [-0.25, -0.2) is 4.98 Å². The molecule has 0 bridgehead atoms. The number of ether oxygens (including phenoxy) is 2. The Morgan fingerprint density at radius 1 is 1.27 bits per heavy atom. The lowest BCUT2D eigenvalue weighted by Gasteiger charge is -2.36. The first-order chi connectivity index (χ1) is 12.8. The average Bonchev–Trinajstić information content (AvgIpc) is 3.18. The predicted octanol–water partition coefficient (Wildman–Crippen LogP) is 0.359. The van der Waals surface area contributed by atoms with E-state index in [1.54, 1.807) is 12.5 Å². The van der Waals surface area contributed by atoms with Crippen molar-refractivity contribution in [2.24, 2.45) is 0 Å². The molecule has 2 aliphatic heterocycles. The molecule has 0 unspecified atom stereocenters. The van der Waals surface area contributed by atoms with Gasteiger partial charge in [0, 0.05) is 39.0 Å². The minimum atomic E-state index is 0.0460. The Hall–Kier alpha value is -2.26. The van der Waals surface area contributed by atoms with Crippen LogP contribution in [0.2, 0.25) is 0 Å². The molecule has 2 aromatic heterocycles. The second-order valence-corrected chi connectivity index (χ2v) is 6.68. The van der Waals surface area contributed by atoms with E-state index in [1.165, 1.54) is 6.42 Å². The molecule has 0 N–H and O–H groups in total. The van der Waals surface area contributed by atoms with Crippen molar-refractivity contribution in [1.29, 1.82) is 0 Å². The van der Waals surface area contributed by atoms with Crippen LogP contribution in [0.15, 0.2) is 18.6 Å². The molecule has 0 radical (unpaired) electrons. The van der Waals surface area contributed by atoms with Gasteiger partial charge in [0.1, 0.15) is 18.8 Å². The van der Waals surface area contributed by atoms with Gasteiger partial charge in [-0.15, -0.1) is 10.2 Å². The van der Waals surface area contributed by atoms with Crippen molar-refractivity contribution in [1.82, 2.24) is 24.5 Å². The third-order valence-corrected chi connectivity index (χ3v) is 4.95. The molecule has 2 aliphatic rings. The molecule has 2 aromatic rings. The molecule has 0 aromatic carbocycles. The molecular formula is C17H24N6O3. The summed E-state index contributed by atoms with van der Waals surface area (Å²) in [6.07, 6.45) is 6.87. The van der Waals surface area contributed by atoms with Crippen LogP contribution in [-0.2, 0) is 14.3 Å². The summed E-state index contributed by atoms with van der Waals surface area (Å²) in [6.45, 7) is 4.31. The maximum Gasteiger partial charge on any atom is 0.256 e. The Morgan fingerprint density at radius 2 is 2.15 bits per heavy atom. The Kier molecular flexibility index (Phi) is 5.26. The van der Waals surface area contributed by atoms with Crippen LogP contribution in [0.5, 0.6) is 0 Å². The summed E-state index contributed by atoms with van der Waals surface area (Å²) >= 11 is 0. The number of aromatic nitrogens is 4. The SMILES string of the molecule is O=C(COC[C@@H]1CCCCO1)N1CCN(c2ccnc3nncn23)CC1. The second kappa shape index (κ2) is 7.96. The van der Waals surface area contributed by atoms with E-state index < -0.39 is 0 Å². The number of hydrogen-bond acceptors (Lipinski definition) is 7. The standard InChI is InChI=1S/C17H24N6O3/c24-16(12-25-11-14-3-1-2-10-26-14)22-8-6-21(7-9-22)15-4-5-18-17-20-19-13-23(15)17/h4-5,13-14H,1-3,6-12H2/t14-/m0/s1. The first kappa shape index (κ1) is 17.2. The van der Waals surface area contributed by atoms with Gasteiger partial charge in [0.25, 0.3) is 5.78 Å². The minimum absolute atomic E-state index is 0.0460. The zero-order valence-electron chi connectivity index (χ0n) is 14.8. The van der Waals surface area contributed by atoms with Gasteiger partial charge in [0.15, 0.2) is 0 Å². The Bertz CT molecular complexity index is 737. The number of nitrogens with zero attached hydrogens (tertiary/aromatic N) is 6. The lowest BCUT2D eigenvalue weighted by molar-refractivity contribution is -0.138. The zero-order chi connectivity index (χ0) is 17.8. The summed E-state index contributed by atoms with van der Waals surface area (Å²) in [5.74, 6) is 1.63. The monoisotopic (exact) mass is 360 g/mol. The predicted molar refractivity (Wildman–Crippen MR) is 94.0 cm³/mol. The molecular weight excluding hydrogens is 336 g/mol. The van der Waals surface area contributed by atoms with Crippen LogP contribution in [-0.4, -0.2) is 82.5 Å². The average molecular weight is 360 g/mol. The fourth-order valence-electron chi connectivity index (χ4n) is 3.48. The molecule has 0 saturated carbocycles. The van der Waals surface area contributed by atoms with Crippen molar-refractivity contribution in [3.8, 4) is 0 Å². The molecule has 1 amide bonds. The number of rotatable bonds is 5. The van der Waals surface area contributed by atoms with Crippen molar-refractivity contribution in [2.75, 3.05) is 50.9 Å². The van der Waals surface area contributed by atoms with Gasteiger partial charge in [-0.3, -0.25) is 9.20 Å². The fraction of sp³-hybridized carbons (Fsp3) is 0.647. The maximum absolute atomic E-state index is 12.4.